The summed E-state index contributed by atoms with van der Waals surface area (Å²) < 4.78 is 5.89. The highest BCUT2D eigenvalue weighted by Crippen LogP contribution is 2.23. The van der Waals surface area contributed by atoms with Crippen molar-refractivity contribution in [1.29, 1.82) is 0 Å². The van der Waals surface area contributed by atoms with Crippen molar-refractivity contribution >= 4 is 42.4 Å². The van der Waals surface area contributed by atoms with E-state index in [1.54, 1.807) is 20.9 Å². The van der Waals surface area contributed by atoms with Gasteiger partial charge < -0.3 is 10.1 Å². The molecule has 0 aromatic heterocycles. The Morgan fingerprint density at radius 2 is 1.93 bits per heavy atom. The molecule has 0 bridgehead atoms. The second-order valence-corrected chi connectivity index (χ2v) is 9.04. The predicted octanol–water partition coefficient (Wildman–Crippen LogP) is -0.101. The van der Waals surface area contributed by atoms with Crippen molar-refractivity contribution < 1.29 is 23.9 Å². The van der Waals surface area contributed by atoms with E-state index < -0.39 is 16.3 Å². The molecule has 0 saturated carbocycles. The van der Waals surface area contributed by atoms with Crippen LogP contribution in [0.5, 0.6) is 0 Å². The smallest absolute Gasteiger partial charge is 0.242 e. The molecular weight excluding hydrogens is 395 g/mol. The number of hydrazine groups is 1. The fourth-order valence-electron chi connectivity index (χ4n) is 2.59. The number of nitrogens with one attached hydrogen (secondary N) is 3. The van der Waals surface area contributed by atoms with Gasteiger partial charge in [-0.2, -0.15) is 0 Å². The third-order valence-corrected chi connectivity index (χ3v) is 5.35. The van der Waals surface area contributed by atoms with Gasteiger partial charge in [-0.1, -0.05) is 0 Å². The van der Waals surface area contributed by atoms with Crippen LogP contribution in [-0.4, -0.2) is 73.2 Å². The number of carbonyl (C=O) groups is 4. The number of rotatable bonds is 12. The number of imide groups is 1. The first kappa shape index (κ1) is 25.5. The Kier molecular flexibility index (Phi) is 9.64. The molecule has 1 atom stereocenters. The quantitative estimate of drug-likeness (QED) is 0.227. The number of nitrogens with zero attached hydrogens (tertiary/aromatic N) is 1. The van der Waals surface area contributed by atoms with Gasteiger partial charge in [-0.05, 0) is 34.1 Å². The van der Waals surface area contributed by atoms with Crippen molar-refractivity contribution in [2.75, 3.05) is 26.7 Å². The van der Waals surface area contributed by atoms with Crippen molar-refractivity contribution in [2.45, 2.75) is 57.8 Å². The zero-order valence-corrected chi connectivity index (χ0v) is 18.6. The topological polar surface area (TPSA) is 117 Å². The zero-order valence-electron chi connectivity index (χ0n) is 17.8. The largest absolute Gasteiger partial charge is 0.374 e. The first-order valence-electron chi connectivity index (χ1n) is 9.51. The van der Waals surface area contributed by atoms with Crippen LogP contribution in [-0.2, 0) is 23.9 Å². The van der Waals surface area contributed by atoms with Crippen LogP contribution in [0.2, 0.25) is 0 Å². The van der Waals surface area contributed by atoms with E-state index >= 15 is 0 Å². The van der Waals surface area contributed by atoms with Gasteiger partial charge in [0.2, 0.25) is 23.6 Å². The molecule has 1 aliphatic rings. The van der Waals surface area contributed by atoms with Crippen LogP contribution in [0.25, 0.3) is 0 Å². The summed E-state index contributed by atoms with van der Waals surface area (Å²) in [5, 5.41) is 2.22. The molecule has 1 aliphatic heterocycles. The van der Waals surface area contributed by atoms with Crippen LogP contribution in [0.4, 0.5) is 0 Å². The number of hydrogen-bond acceptors (Lipinski definition) is 7. The summed E-state index contributed by atoms with van der Waals surface area (Å²) in [6.07, 6.45) is 0.656. The van der Waals surface area contributed by atoms with Gasteiger partial charge in [-0.15, -0.1) is 0 Å². The minimum atomic E-state index is -0.710. The minimum Gasteiger partial charge on any atom is -0.374 e. The van der Waals surface area contributed by atoms with Gasteiger partial charge in [0.15, 0.2) is 7.12 Å². The van der Waals surface area contributed by atoms with Gasteiger partial charge in [0.1, 0.15) is 0 Å². The van der Waals surface area contributed by atoms with Crippen LogP contribution in [0.15, 0.2) is 0 Å². The van der Waals surface area contributed by atoms with Gasteiger partial charge in [0.05, 0.1) is 22.9 Å². The number of likely N-dealkylation sites (tertiary alicyclic amines) is 1. The lowest BCUT2D eigenvalue weighted by atomic mass is 9.93. The second kappa shape index (κ2) is 11.0. The van der Waals surface area contributed by atoms with E-state index in [-0.39, 0.29) is 49.6 Å². The molecule has 0 aromatic carbocycles. The summed E-state index contributed by atoms with van der Waals surface area (Å²) >= 11 is 0.854. The number of carbonyl (C=O) groups excluding carboxylic acids is 4. The van der Waals surface area contributed by atoms with E-state index in [4.69, 9.17) is 11.9 Å². The average Bonchev–Trinajstić information content (AvgIpc) is 2.92. The lowest BCUT2D eigenvalue weighted by Crippen LogP contribution is -2.46. The third-order valence-electron chi connectivity index (χ3n) is 4.66. The molecule has 1 heterocycles. The molecule has 1 rings (SSSR count). The van der Waals surface area contributed by atoms with Crippen molar-refractivity contribution in [3.63, 3.8) is 0 Å². The molecule has 1 unspecified atom stereocenters. The Labute approximate surface area is 177 Å². The first-order valence-corrected chi connectivity index (χ1v) is 10.5. The maximum atomic E-state index is 12.0. The maximum Gasteiger partial charge on any atom is 0.242 e. The Morgan fingerprint density at radius 3 is 2.48 bits per heavy atom. The Balaban J connectivity index is 2.34. The predicted molar refractivity (Wildman–Crippen MR) is 112 cm³/mol. The summed E-state index contributed by atoms with van der Waals surface area (Å²) in [6.45, 7) is 7.99. The van der Waals surface area contributed by atoms with Gasteiger partial charge in [-0.3, -0.25) is 29.5 Å². The first-order chi connectivity index (χ1) is 13.4. The Bertz CT molecular complexity index is 629. The molecule has 3 N–H and O–H groups in total. The second-order valence-electron chi connectivity index (χ2n) is 8.20. The molecule has 4 amide bonds. The molecule has 0 aliphatic carbocycles. The fourth-order valence-corrected chi connectivity index (χ4v) is 3.08. The SMILES string of the molecule is [B]SC1CC(=O)N(CCC(=O)NCCC(C)(C)OCC(C)(C)C(=O)NNC)C1=O. The van der Waals surface area contributed by atoms with Gasteiger partial charge in [0, 0.05) is 33.0 Å². The molecule has 9 nitrogen and oxygen atoms in total. The standard InChI is InChI=1S/C18H31BN4O5S/c1-17(2,16(27)22-20-5)11-28-18(3,4)7-8-21-13(24)6-9-23-14(25)10-12(29-19)15(23)26/h12,20H,6-11H2,1-5H3,(H,21,24)(H,22,27). The highest BCUT2D eigenvalue weighted by molar-refractivity contribution is 8.20. The lowest BCUT2D eigenvalue weighted by Gasteiger charge is -2.31. The summed E-state index contributed by atoms with van der Waals surface area (Å²) in [5.41, 5.74) is 3.89. The van der Waals surface area contributed by atoms with Crippen LogP contribution in [0.3, 0.4) is 0 Å². The molecule has 11 heteroatoms. The van der Waals surface area contributed by atoms with Crippen molar-refractivity contribution in [1.82, 2.24) is 21.1 Å². The molecule has 0 aromatic rings. The van der Waals surface area contributed by atoms with Gasteiger partial charge in [-0.25, -0.2) is 17.0 Å². The average molecular weight is 426 g/mol. The third kappa shape index (κ3) is 7.98. The van der Waals surface area contributed by atoms with E-state index in [9.17, 15) is 19.2 Å². The molecular formula is C18H31BN4O5S. The Morgan fingerprint density at radius 1 is 1.28 bits per heavy atom. The molecule has 0 spiro atoms. The number of amides is 4. The molecule has 2 radical (unpaired) electrons. The molecule has 1 saturated heterocycles. The summed E-state index contributed by atoms with van der Waals surface area (Å²) in [7, 11) is 7.01. The van der Waals surface area contributed by atoms with Crippen molar-refractivity contribution in [3.8, 4) is 0 Å². The summed E-state index contributed by atoms with van der Waals surface area (Å²) in [6, 6.07) is 0. The number of hydrogen-bond donors (Lipinski definition) is 3. The monoisotopic (exact) mass is 426 g/mol. The number of ether oxygens (including phenoxy) is 1. The van der Waals surface area contributed by atoms with Crippen molar-refractivity contribution in [3.05, 3.63) is 0 Å². The fraction of sp³-hybridized carbons (Fsp3) is 0.778. The lowest BCUT2D eigenvalue weighted by molar-refractivity contribution is -0.139. The minimum absolute atomic E-state index is 0.0396. The molecule has 29 heavy (non-hydrogen) atoms. The highest BCUT2D eigenvalue weighted by Gasteiger charge is 2.37. The molecule has 1 fully saturated rings. The van der Waals surface area contributed by atoms with Crippen LogP contribution in [0.1, 0.15) is 47.0 Å². The summed E-state index contributed by atoms with van der Waals surface area (Å²) in [5.74, 6) is -1.07. The Hall–Kier alpha value is -1.59. The van der Waals surface area contributed by atoms with Crippen LogP contribution >= 0.6 is 11.6 Å². The normalized spacial score (nSPS) is 17.6. The van der Waals surface area contributed by atoms with Gasteiger partial charge in [0.25, 0.3) is 0 Å². The molecule has 162 valence electrons. The zero-order chi connectivity index (χ0) is 22.2. The highest BCUT2D eigenvalue weighted by atomic mass is 32.2. The van der Waals surface area contributed by atoms with E-state index in [1.165, 1.54) is 0 Å². The van der Waals surface area contributed by atoms with Crippen LogP contribution in [0, 0.1) is 5.41 Å². The van der Waals surface area contributed by atoms with E-state index in [0.29, 0.717) is 13.0 Å². The summed E-state index contributed by atoms with van der Waals surface area (Å²) in [4.78, 5) is 48.9. The van der Waals surface area contributed by atoms with E-state index in [1.807, 2.05) is 13.8 Å². The van der Waals surface area contributed by atoms with Gasteiger partial charge >= 0.3 is 0 Å². The van der Waals surface area contributed by atoms with Crippen LogP contribution < -0.4 is 16.2 Å². The van der Waals surface area contributed by atoms with E-state index in [0.717, 1.165) is 16.5 Å². The van der Waals surface area contributed by atoms with Crippen molar-refractivity contribution in [2.24, 2.45) is 5.41 Å². The maximum absolute atomic E-state index is 12.0. The van der Waals surface area contributed by atoms with E-state index in [2.05, 4.69) is 16.2 Å².